The van der Waals surface area contributed by atoms with Gasteiger partial charge in [0.05, 0.1) is 0 Å². The molecule has 10 heteroatoms. The van der Waals surface area contributed by atoms with Gasteiger partial charge in [0.25, 0.3) is 5.91 Å². The van der Waals surface area contributed by atoms with Crippen LogP contribution < -0.4 is 16.0 Å². The Morgan fingerprint density at radius 1 is 1.21 bits per heavy atom. The predicted octanol–water partition coefficient (Wildman–Crippen LogP) is 1.09. The number of Topliss-reactive ketones (excluding diaryl/α,β-unsaturated/α-hetero) is 1. The van der Waals surface area contributed by atoms with E-state index in [-0.39, 0.29) is 18.9 Å². The minimum atomic E-state index is -1.14. The Hall–Kier alpha value is -3.82. The highest BCUT2D eigenvalue weighted by Gasteiger charge is 2.33. The standard InChI is InChI=1S/C24H29N5O5/c1-15(2)20(29-24(33)34-13-16-7-4-3-5-8-16)22(31)28-19-11-18-17(12-25-14-27-18)9-6-10-26-23(32)21(19)30/h3-5,7-8,12,14-15,19-20H,6,9-11,13H2,1-2H3,(H,26,32)(H,28,31)(H,29,33). The summed E-state index contributed by atoms with van der Waals surface area (Å²) in [6, 6.07) is 7.04. The molecular formula is C24H29N5O5. The van der Waals surface area contributed by atoms with Gasteiger partial charge in [-0.1, -0.05) is 44.2 Å². The van der Waals surface area contributed by atoms with Crippen LogP contribution in [-0.4, -0.2) is 52.3 Å². The number of carbonyl (C=O) groups is 4. The molecule has 3 amide bonds. The summed E-state index contributed by atoms with van der Waals surface area (Å²) in [6.07, 6.45) is 3.60. The van der Waals surface area contributed by atoms with Crippen molar-refractivity contribution in [1.82, 2.24) is 25.9 Å². The number of alkyl carbamates (subject to hydrolysis) is 1. The summed E-state index contributed by atoms with van der Waals surface area (Å²) in [5.41, 5.74) is 2.26. The lowest BCUT2D eigenvalue weighted by Gasteiger charge is -2.25. The van der Waals surface area contributed by atoms with Crippen LogP contribution in [-0.2, 0) is 38.6 Å². The molecule has 0 saturated heterocycles. The average Bonchev–Trinajstić information content (AvgIpc) is 2.83. The second-order valence-electron chi connectivity index (χ2n) is 8.41. The van der Waals surface area contributed by atoms with Crippen molar-refractivity contribution in [2.45, 2.75) is 51.8 Å². The van der Waals surface area contributed by atoms with E-state index in [0.717, 1.165) is 11.1 Å². The van der Waals surface area contributed by atoms with Crippen LogP contribution in [0.5, 0.6) is 0 Å². The number of amides is 3. The van der Waals surface area contributed by atoms with E-state index in [1.54, 1.807) is 20.0 Å². The first kappa shape index (κ1) is 24.8. The van der Waals surface area contributed by atoms with Crippen molar-refractivity contribution in [1.29, 1.82) is 0 Å². The van der Waals surface area contributed by atoms with Crippen LogP contribution in [0.15, 0.2) is 42.9 Å². The third-order valence-electron chi connectivity index (χ3n) is 5.48. The van der Waals surface area contributed by atoms with E-state index in [0.29, 0.717) is 25.1 Å². The highest BCUT2D eigenvalue weighted by atomic mass is 16.5. The molecule has 0 spiro atoms. The van der Waals surface area contributed by atoms with Crippen LogP contribution in [0.2, 0.25) is 0 Å². The molecule has 1 aromatic heterocycles. The van der Waals surface area contributed by atoms with E-state index in [9.17, 15) is 19.2 Å². The average molecular weight is 468 g/mol. The van der Waals surface area contributed by atoms with Gasteiger partial charge in [0.1, 0.15) is 25.0 Å². The fourth-order valence-corrected chi connectivity index (χ4v) is 3.59. The van der Waals surface area contributed by atoms with E-state index in [1.165, 1.54) is 6.33 Å². The number of fused-ring (bicyclic) bond motifs is 1. The Kier molecular flexibility index (Phi) is 8.66. The molecule has 0 radical (unpaired) electrons. The molecule has 0 bridgehead atoms. The van der Waals surface area contributed by atoms with E-state index in [2.05, 4.69) is 25.9 Å². The molecule has 180 valence electrons. The normalized spacial score (nSPS) is 17.2. The number of ether oxygens (including phenoxy) is 1. The number of aryl methyl sites for hydroxylation is 1. The summed E-state index contributed by atoms with van der Waals surface area (Å²) < 4.78 is 5.22. The Morgan fingerprint density at radius 3 is 2.71 bits per heavy atom. The van der Waals surface area contributed by atoms with E-state index >= 15 is 0 Å². The van der Waals surface area contributed by atoms with Crippen molar-refractivity contribution in [3.05, 3.63) is 59.7 Å². The van der Waals surface area contributed by atoms with Crippen molar-refractivity contribution in [2.24, 2.45) is 5.92 Å². The third-order valence-corrected chi connectivity index (χ3v) is 5.48. The second-order valence-corrected chi connectivity index (χ2v) is 8.41. The van der Waals surface area contributed by atoms with E-state index < -0.39 is 35.8 Å². The number of carbonyl (C=O) groups excluding carboxylic acids is 4. The molecule has 2 heterocycles. The summed E-state index contributed by atoms with van der Waals surface area (Å²) in [5.74, 6) is -2.43. The van der Waals surface area contributed by atoms with Crippen LogP contribution in [0, 0.1) is 5.92 Å². The summed E-state index contributed by atoms with van der Waals surface area (Å²) >= 11 is 0. The predicted molar refractivity (Wildman–Crippen MR) is 122 cm³/mol. The molecule has 1 aliphatic rings. The third kappa shape index (κ3) is 6.84. The molecule has 10 nitrogen and oxygen atoms in total. The van der Waals surface area contributed by atoms with Crippen molar-refractivity contribution in [3.63, 3.8) is 0 Å². The highest BCUT2D eigenvalue weighted by Crippen LogP contribution is 2.12. The first-order chi connectivity index (χ1) is 16.3. The van der Waals surface area contributed by atoms with E-state index in [4.69, 9.17) is 4.74 Å². The van der Waals surface area contributed by atoms with Crippen LogP contribution in [0.3, 0.4) is 0 Å². The lowest BCUT2D eigenvalue weighted by molar-refractivity contribution is -0.140. The van der Waals surface area contributed by atoms with Crippen LogP contribution in [0.25, 0.3) is 0 Å². The summed E-state index contributed by atoms with van der Waals surface area (Å²) in [4.78, 5) is 58.8. The van der Waals surface area contributed by atoms with Crippen LogP contribution in [0.4, 0.5) is 4.79 Å². The smallest absolute Gasteiger partial charge is 0.408 e. The van der Waals surface area contributed by atoms with Gasteiger partial charge in [-0.05, 0) is 29.9 Å². The number of rotatable bonds is 6. The van der Waals surface area contributed by atoms with Gasteiger partial charge in [-0.25, -0.2) is 14.8 Å². The fourth-order valence-electron chi connectivity index (χ4n) is 3.59. The fraction of sp³-hybridized carbons (Fsp3) is 0.417. The van der Waals surface area contributed by atoms with Crippen molar-refractivity contribution in [2.75, 3.05) is 6.54 Å². The first-order valence-electron chi connectivity index (χ1n) is 11.2. The van der Waals surface area contributed by atoms with Crippen LogP contribution >= 0.6 is 0 Å². The zero-order chi connectivity index (χ0) is 24.5. The number of nitrogens with one attached hydrogen (secondary N) is 3. The highest BCUT2D eigenvalue weighted by molar-refractivity contribution is 6.38. The molecule has 1 aromatic carbocycles. The summed E-state index contributed by atoms with van der Waals surface area (Å²) in [6.45, 7) is 3.89. The summed E-state index contributed by atoms with van der Waals surface area (Å²) in [5, 5.41) is 7.78. The largest absolute Gasteiger partial charge is 0.445 e. The number of hydrogen-bond acceptors (Lipinski definition) is 7. The van der Waals surface area contributed by atoms with Crippen LogP contribution in [0.1, 0.15) is 37.1 Å². The van der Waals surface area contributed by atoms with E-state index in [1.807, 2.05) is 30.3 Å². The number of hydrogen-bond donors (Lipinski definition) is 3. The van der Waals surface area contributed by atoms with Gasteiger partial charge in [0, 0.05) is 24.9 Å². The quantitative estimate of drug-likeness (QED) is 0.540. The number of nitrogens with zero attached hydrogens (tertiary/aromatic N) is 2. The number of benzene rings is 1. The monoisotopic (exact) mass is 467 g/mol. The second kappa shape index (κ2) is 11.9. The van der Waals surface area contributed by atoms with Crippen molar-refractivity contribution >= 4 is 23.7 Å². The van der Waals surface area contributed by atoms with Gasteiger partial charge in [-0.15, -0.1) is 0 Å². The minimum absolute atomic E-state index is 0.0408. The lowest BCUT2D eigenvalue weighted by Crippen LogP contribution is -2.56. The van der Waals surface area contributed by atoms with Gasteiger partial charge in [-0.2, -0.15) is 0 Å². The molecule has 2 aromatic rings. The molecule has 0 fully saturated rings. The zero-order valence-electron chi connectivity index (χ0n) is 19.2. The topological polar surface area (TPSA) is 139 Å². The molecule has 2 unspecified atom stereocenters. The van der Waals surface area contributed by atoms with Gasteiger partial charge in [0.15, 0.2) is 0 Å². The maximum absolute atomic E-state index is 13.1. The molecule has 2 atom stereocenters. The lowest BCUT2D eigenvalue weighted by atomic mass is 9.98. The Morgan fingerprint density at radius 2 is 1.97 bits per heavy atom. The Bertz CT molecular complexity index is 1030. The molecule has 3 N–H and O–H groups in total. The van der Waals surface area contributed by atoms with Gasteiger partial charge in [-0.3, -0.25) is 14.4 Å². The van der Waals surface area contributed by atoms with Gasteiger partial charge in [0.2, 0.25) is 11.7 Å². The first-order valence-corrected chi connectivity index (χ1v) is 11.2. The molecule has 3 rings (SSSR count). The molecule has 1 aliphatic heterocycles. The van der Waals surface area contributed by atoms with Gasteiger partial charge < -0.3 is 20.7 Å². The Labute approximate surface area is 197 Å². The van der Waals surface area contributed by atoms with Crippen molar-refractivity contribution in [3.8, 4) is 0 Å². The maximum atomic E-state index is 13.1. The summed E-state index contributed by atoms with van der Waals surface area (Å²) in [7, 11) is 0. The van der Waals surface area contributed by atoms with Crippen molar-refractivity contribution < 1.29 is 23.9 Å². The molecule has 34 heavy (non-hydrogen) atoms. The zero-order valence-corrected chi connectivity index (χ0v) is 19.2. The molecule has 0 saturated carbocycles. The van der Waals surface area contributed by atoms with Gasteiger partial charge >= 0.3 is 6.09 Å². The molecular weight excluding hydrogens is 438 g/mol. The maximum Gasteiger partial charge on any atom is 0.408 e. The molecule has 0 aliphatic carbocycles. The number of ketones is 1. The SMILES string of the molecule is CC(C)C(NC(=O)OCc1ccccc1)C(=O)NC1Cc2ncncc2CCCNC(=O)C1=O. The minimum Gasteiger partial charge on any atom is -0.445 e. The Balaban J connectivity index is 1.70. The number of aromatic nitrogens is 2.